The van der Waals surface area contributed by atoms with Crippen LogP contribution < -0.4 is 0 Å². The number of ether oxygens (including phenoxy) is 1. The molecular formula is C12H18F4O2. The van der Waals surface area contributed by atoms with E-state index in [1.54, 1.807) is 0 Å². The van der Waals surface area contributed by atoms with Crippen molar-refractivity contribution in [2.45, 2.75) is 58.0 Å². The molecule has 0 amide bonds. The monoisotopic (exact) mass is 270 g/mol. The standard InChI is InChI=1S/C12H18F4O2/c1-9(2)11(17)18-10(13)7-5-3-4-6-8-12(14,15)16/h10H,1,3-8H2,2H3. The molecule has 0 rings (SSSR count). The fourth-order valence-corrected chi connectivity index (χ4v) is 1.26. The van der Waals surface area contributed by atoms with Gasteiger partial charge in [-0.15, -0.1) is 0 Å². The largest absolute Gasteiger partial charge is 0.428 e. The van der Waals surface area contributed by atoms with Gasteiger partial charge in [0.25, 0.3) is 0 Å². The van der Waals surface area contributed by atoms with Gasteiger partial charge < -0.3 is 4.74 Å². The van der Waals surface area contributed by atoms with Crippen molar-refractivity contribution < 1.29 is 27.1 Å². The molecule has 6 heteroatoms. The first-order valence-electron chi connectivity index (χ1n) is 5.79. The van der Waals surface area contributed by atoms with Crippen molar-refractivity contribution in [3.05, 3.63) is 12.2 Å². The van der Waals surface area contributed by atoms with E-state index in [0.717, 1.165) is 0 Å². The van der Waals surface area contributed by atoms with Crippen LogP contribution in [0.4, 0.5) is 17.6 Å². The van der Waals surface area contributed by atoms with Crippen molar-refractivity contribution in [1.29, 1.82) is 0 Å². The van der Waals surface area contributed by atoms with Crippen LogP contribution in [0.25, 0.3) is 0 Å². The maximum absolute atomic E-state index is 13.0. The van der Waals surface area contributed by atoms with E-state index >= 15 is 0 Å². The summed E-state index contributed by atoms with van der Waals surface area (Å²) < 4.78 is 52.8. The molecule has 0 N–H and O–H groups in total. The van der Waals surface area contributed by atoms with Crippen LogP contribution in [0.5, 0.6) is 0 Å². The Labute approximate surface area is 104 Å². The second kappa shape index (κ2) is 8.11. The molecule has 0 heterocycles. The van der Waals surface area contributed by atoms with Crippen molar-refractivity contribution in [3.63, 3.8) is 0 Å². The van der Waals surface area contributed by atoms with Crippen molar-refractivity contribution in [2.75, 3.05) is 0 Å². The van der Waals surface area contributed by atoms with E-state index < -0.39 is 24.9 Å². The summed E-state index contributed by atoms with van der Waals surface area (Å²) in [7, 11) is 0. The summed E-state index contributed by atoms with van der Waals surface area (Å²) in [4.78, 5) is 10.9. The van der Waals surface area contributed by atoms with Crippen LogP contribution >= 0.6 is 0 Å². The quantitative estimate of drug-likeness (QED) is 0.284. The molecule has 0 saturated heterocycles. The minimum absolute atomic E-state index is 0.00500. The maximum atomic E-state index is 13.0. The van der Waals surface area contributed by atoms with E-state index in [0.29, 0.717) is 19.3 Å². The molecule has 0 radical (unpaired) electrons. The van der Waals surface area contributed by atoms with Gasteiger partial charge in [-0.05, 0) is 19.8 Å². The Morgan fingerprint density at radius 3 is 2.28 bits per heavy atom. The highest BCUT2D eigenvalue weighted by atomic mass is 19.4. The van der Waals surface area contributed by atoms with E-state index in [4.69, 9.17) is 0 Å². The van der Waals surface area contributed by atoms with Gasteiger partial charge in [0.2, 0.25) is 6.36 Å². The summed E-state index contributed by atoms with van der Waals surface area (Å²) >= 11 is 0. The zero-order valence-electron chi connectivity index (χ0n) is 10.4. The van der Waals surface area contributed by atoms with E-state index in [1.165, 1.54) is 6.92 Å². The Bertz CT molecular complexity index is 274. The Kier molecular flexibility index (Phi) is 7.62. The fraction of sp³-hybridized carbons (Fsp3) is 0.750. The Hall–Kier alpha value is -1.07. The highest BCUT2D eigenvalue weighted by Crippen LogP contribution is 2.23. The van der Waals surface area contributed by atoms with E-state index in [9.17, 15) is 22.4 Å². The SMILES string of the molecule is C=C(C)C(=O)OC(F)CCCCCCC(F)(F)F. The van der Waals surface area contributed by atoms with E-state index in [-0.39, 0.29) is 18.4 Å². The number of carbonyl (C=O) groups is 1. The summed E-state index contributed by atoms with van der Waals surface area (Å²) in [5.41, 5.74) is 0.114. The molecule has 0 aromatic carbocycles. The zero-order valence-corrected chi connectivity index (χ0v) is 10.4. The summed E-state index contributed by atoms with van der Waals surface area (Å²) in [5.74, 6) is -0.792. The maximum Gasteiger partial charge on any atom is 0.389 e. The third-order valence-corrected chi connectivity index (χ3v) is 2.22. The minimum atomic E-state index is -4.13. The lowest BCUT2D eigenvalue weighted by Crippen LogP contribution is -2.13. The van der Waals surface area contributed by atoms with Crippen molar-refractivity contribution >= 4 is 5.97 Å². The Balaban J connectivity index is 3.49. The van der Waals surface area contributed by atoms with Gasteiger partial charge in [0.15, 0.2) is 0 Å². The first kappa shape index (κ1) is 16.9. The Morgan fingerprint density at radius 1 is 1.22 bits per heavy atom. The highest BCUT2D eigenvalue weighted by molar-refractivity contribution is 5.86. The molecule has 18 heavy (non-hydrogen) atoms. The molecule has 0 bridgehead atoms. The topological polar surface area (TPSA) is 26.3 Å². The smallest absolute Gasteiger partial charge is 0.389 e. The molecule has 2 nitrogen and oxygen atoms in total. The predicted molar refractivity (Wildman–Crippen MR) is 59.6 cm³/mol. The average Bonchev–Trinajstić information content (AvgIpc) is 2.21. The third kappa shape index (κ3) is 10.1. The van der Waals surface area contributed by atoms with Crippen molar-refractivity contribution in [2.24, 2.45) is 0 Å². The zero-order chi connectivity index (χ0) is 14.2. The molecule has 1 atom stereocenters. The van der Waals surface area contributed by atoms with E-state index in [1.807, 2.05) is 0 Å². The van der Waals surface area contributed by atoms with Crippen LogP contribution in [0.3, 0.4) is 0 Å². The third-order valence-electron chi connectivity index (χ3n) is 2.22. The predicted octanol–water partition coefficient (Wildman–Crippen LogP) is 4.30. The normalized spacial score (nSPS) is 13.2. The number of hydrogen-bond donors (Lipinski definition) is 0. The summed E-state index contributed by atoms with van der Waals surface area (Å²) in [6.07, 6.45) is -5.32. The molecule has 0 aromatic rings. The summed E-state index contributed by atoms with van der Waals surface area (Å²) in [5, 5.41) is 0. The molecule has 0 aromatic heterocycles. The highest BCUT2D eigenvalue weighted by Gasteiger charge is 2.25. The van der Waals surface area contributed by atoms with E-state index in [2.05, 4.69) is 11.3 Å². The molecule has 0 aliphatic carbocycles. The van der Waals surface area contributed by atoms with Gasteiger partial charge in [-0.3, -0.25) is 0 Å². The number of rotatable bonds is 8. The van der Waals surface area contributed by atoms with Crippen LogP contribution in [0, 0.1) is 0 Å². The number of halogens is 4. The first-order chi connectivity index (χ1) is 8.22. The molecular weight excluding hydrogens is 252 g/mol. The molecule has 0 aliphatic rings. The van der Waals surface area contributed by atoms with Crippen molar-refractivity contribution in [1.82, 2.24) is 0 Å². The van der Waals surface area contributed by atoms with Gasteiger partial charge in [-0.1, -0.05) is 19.4 Å². The van der Waals surface area contributed by atoms with Crippen molar-refractivity contribution in [3.8, 4) is 0 Å². The molecule has 106 valence electrons. The number of carbonyl (C=O) groups excluding carboxylic acids is 1. The van der Waals surface area contributed by atoms with Gasteiger partial charge in [-0.2, -0.15) is 13.2 Å². The van der Waals surface area contributed by atoms with Gasteiger partial charge in [0, 0.05) is 18.4 Å². The molecule has 0 spiro atoms. The minimum Gasteiger partial charge on any atom is -0.428 e. The summed E-state index contributed by atoms with van der Waals surface area (Å²) in [6.45, 7) is 4.71. The van der Waals surface area contributed by atoms with Gasteiger partial charge in [0.05, 0.1) is 0 Å². The lowest BCUT2D eigenvalue weighted by Gasteiger charge is -2.10. The van der Waals surface area contributed by atoms with Crippen LogP contribution in [0.1, 0.15) is 45.4 Å². The van der Waals surface area contributed by atoms with Gasteiger partial charge in [0.1, 0.15) is 0 Å². The molecule has 1 unspecified atom stereocenters. The van der Waals surface area contributed by atoms with Crippen LogP contribution in [0.15, 0.2) is 12.2 Å². The number of alkyl halides is 4. The molecule has 0 aliphatic heterocycles. The van der Waals surface area contributed by atoms with Crippen LogP contribution in [-0.2, 0) is 9.53 Å². The fourth-order valence-electron chi connectivity index (χ4n) is 1.26. The molecule has 0 saturated carbocycles. The lowest BCUT2D eigenvalue weighted by molar-refractivity contribution is -0.153. The second-order valence-corrected chi connectivity index (χ2v) is 4.16. The average molecular weight is 270 g/mol. The van der Waals surface area contributed by atoms with Gasteiger partial charge >= 0.3 is 12.1 Å². The van der Waals surface area contributed by atoms with Crippen LogP contribution in [0.2, 0.25) is 0 Å². The lowest BCUT2D eigenvalue weighted by atomic mass is 10.1. The summed E-state index contributed by atoms with van der Waals surface area (Å²) in [6, 6.07) is 0. The number of esters is 1. The molecule has 0 fully saturated rings. The Morgan fingerprint density at radius 2 is 1.78 bits per heavy atom. The van der Waals surface area contributed by atoms with Gasteiger partial charge in [-0.25, -0.2) is 9.18 Å². The first-order valence-corrected chi connectivity index (χ1v) is 5.79. The number of hydrogen-bond acceptors (Lipinski definition) is 2. The number of unbranched alkanes of at least 4 members (excludes halogenated alkanes) is 3. The van der Waals surface area contributed by atoms with Crippen LogP contribution in [-0.4, -0.2) is 18.5 Å². The second-order valence-electron chi connectivity index (χ2n) is 4.16.